The third kappa shape index (κ3) is 4.11. The number of benzene rings is 2. The van der Waals surface area contributed by atoms with Crippen LogP contribution in [0.4, 0.5) is 0 Å². The standard InChI is InChI=1S/C19H22N2O2/c1-14(16-12-20-13-16)19(22)21-11-15-6-5-9-18(10-15)23-17-7-3-2-4-8-17/h2-10,14,16,20H,11-13H2,1H3,(H,21,22). The lowest BCUT2D eigenvalue weighted by molar-refractivity contribution is -0.126. The number of para-hydroxylation sites is 1. The number of nitrogens with one attached hydrogen (secondary N) is 2. The zero-order valence-corrected chi connectivity index (χ0v) is 13.3. The fourth-order valence-corrected chi connectivity index (χ4v) is 2.57. The van der Waals surface area contributed by atoms with E-state index in [1.807, 2.05) is 61.5 Å². The minimum Gasteiger partial charge on any atom is -0.457 e. The molecule has 1 saturated heterocycles. The minimum absolute atomic E-state index is 0.0556. The molecule has 1 amide bonds. The van der Waals surface area contributed by atoms with Crippen molar-refractivity contribution >= 4 is 5.91 Å². The molecule has 2 aromatic carbocycles. The van der Waals surface area contributed by atoms with Crippen LogP contribution in [0.2, 0.25) is 0 Å². The number of hydrogen-bond donors (Lipinski definition) is 2. The van der Waals surface area contributed by atoms with Gasteiger partial charge in [-0.05, 0) is 48.8 Å². The first kappa shape index (κ1) is 15.6. The molecule has 4 heteroatoms. The molecule has 0 bridgehead atoms. The summed E-state index contributed by atoms with van der Waals surface area (Å²) in [5.41, 5.74) is 1.03. The predicted octanol–water partition coefficient (Wildman–Crippen LogP) is 2.95. The highest BCUT2D eigenvalue weighted by atomic mass is 16.5. The van der Waals surface area contributed by atoms with Crippen molar-refractivity contribution in [2.45, 2.75) is 13.5 Å². The molecule has 1 atom stereocenters. The zero-order valence-electron chi connectivity index (χ0n) is 13.3. The van der Waals surface area contributed by atoms with Crippen LogP contribution in [0.5, 0.6) is 11.5 Å². The van der Waals surface area contributed by atoms with Crippen LogP contribution in [0.15, 0.2) is 54.6 Å². The Hall–Kier alpha value is -2.33. The zero-order chi connectivity index (χ0) is 16.1. The van der Waals surface area contributed by atoms with Crippen molar-refractivity contribution in [3.63, 3.8) is 0 Å². The highest BCUT2D eigenvalue weighted by Gasteiger charge is 2.28. The van der Waals surface area contributed by atoms with Crippen molar-refractivity contribution < 1.29 is 9.53 Å². The van der Waals surface area contributed by atoms with Gasteiger partial charge in [0.1, 0.15) is 11.5 Å². The Labute approximate surface area is 136 Å². The van der Waals surface area contributed by atoms with Gasteiger partial charge in [-0.3, -0.25) is 4.79 Å². The van der Waals surface area contributed by atoms with Crippen LogP contribution in [0, 0.1) is 11.8 Å². The summed E-state index contributed by atoms with van der Waals surface area (Å²) < 4.78 is 5.82. The summed E-state index contributed by atoms with van der Waals surface area (Å²) in [6, 6.07) is 17.5. The largest absolute Gasteiger partial charge is 0.457 e. The van der Waals surface area contributed by atoms with Crippen LogP contribution in [-0.4, -0.2) is 19.0 Å². The first-order chi connectivity index (χ1) is 11.2. The number of ether oxygens (including phenoxy) is 1. The van der Waals surface area contributed by atoms with E-state index >= 15 is 0 Å². The summed E-state index contributed by atoms with van der Waals surface area (Å²) >= 11 is 0. The predicted molar refractivity (Wildman–Crippen MR) is 90.3 cm³/mol. The molecule has 0 radical (unpaired) electrons. The summed E-state index contributed by atoms with van der Waals surface area (Å²) in [7, 11) is 0. The molecule has 1 heterocycles. The monoisotopic (exact) mass is 310 g/mol. The molecule has 1 aliphatic heterocycles. The molecule has 0 aliphatic carbocycles. The Morgan fingerprint density at radius 2 is 1.91 bits per heavy atom. The van der Waals surface area contributed by atoms with Crippen LogP contribution >= 0.6 is 0 Å². The molecule has 1 unspecified atom stereocenters. The summed E-state index contributed by atoms with van der Waals surface area (Å²) in [5.74, 6) is 2.22. The van der Waals surface area contributed by atoms with Crippen LogP contribution in [0.3, 0.4) is 0 Å². The number of carbonyl (C=O) groups is 1. The van der Waals surface area contributed by atoms with E-state index in [1.165, 1.54) is 0 Å². The normalized spacial score (nSPS) is 15.5. The maximum Gasteiger partial charge on any atom is 0.223 e. The average molecular weight is 310 g/mol. The van der Waals surface area contributed by atoms with Crippen LogP contribution in [0.1, 0.15) is 12.5 Å². The molecule has 1 fully saturated rings. The molecule has 1 aliphatic rings. The van der Waals surface area contributed by atoms with E-state index in [9.17, 15) is 4.79 Å². The molecule has 0 saturated carbocycles. The molecule has 2 N–H and O–H groups in total. The van der Waals surface area contributed by atoms with E-state index in [1.54, 1.807) is 0 Å². The van der Waals surface area contributed by atoms with Gasteiger partial charge in [0.05, 0.1) is 0 Å². The quantitative estimate of drug-likeness (QED) is 0.862. The maximum atomic E-state index is 12.2. The van der Waals surface area contributed by atoms with E-state index in [2.05, 4.69) is 10.6 Å². The fourth-order valence-electron chi connectivity index (χ4n) is 2.57. The summed E-state index contributed by atoms with van der Waals surface area (Å²) in [6.07, 6.45) is 0. The number of amides is 1. The van der Waals surface area contributed by atoms with Gasteiger partial charge in [0.25, 0.3) is 0 Å². The van der Waals surface area contributed by atoms with Crippen LogP contribution in [-0.2, 0) is 11.3 Å². The molecule has 2 aromatic rings. The number of hydrogen-bond acceptors (Lipinski definition) is 3. The Morgan fingerprint density at radius 3 is 2.61 bits per heavy atom. The third-order valence-corrected chi connectivity index (χ3v) is 4.28. The lowest BCUT2D eigenvalue weighted by atomic mass is 9.88. The third-order valence-electron chi connectivity index (χ3n) is 4.28. The fraction of sp³-hybridized carbons (Fsp3) is 0.316. The molecule has 23 heavy (non-hydrogen) atoms. The lowest BCUT2D eigenvalue weighted by Gasteiger charge is -2.31. The van der Waals surface area contributed by atoms with Crippen molar-refractivity contribution in [1.29, 1.82) is 0 Å². The second kappa shape index (κ2) is 7.29. The van der Waals surface area contributed by atoms with Gasteiger partial charge in [0, 0.05) is 12.5 Å². The van der Waals surface area contributed by atoms with Gasteiger partial charge in [-0.15, -0.1) is 0 Å². The molecular weight excluding hydrogens is 288 g/mol. The Bertz CT molecular complexity index is 653. The van der Waals surface area contributed by atoms with E-state index in [4.69, 9.17) is 4.74 Å². The summed E-state index contributed by atoms with van der Waals surface area (Å²) in [5, 5.41) is 6.22. The Balaban J connectivity index is 1.56. The highest BCUT2D eigenvalue weighted by Crippen LogP contribution is 2.22. The molecule has 4 nitrogen and oxygen atoms in total. The Kier molecular flexibility index (Phi) is 4.93. The average Bonchev–Trinajstić information content (AvgIpc) is 2.52. The van der Waals surface area contributed by atoms with Crippen molar-refractivity contribution in [1.82, 2.24) is 10.6 Å². The minimum atomic E-state index is 0.0556. The van der Waals surface area contributed by atoms with Gasteiger partial charge in [-0.25, -0.2) is 0 Å². The van der Waals surface area contributed by atoms with E-state index < -0.39 is 0 Å². The van der Waals surface area contributed by atoms with Gasteiger partial charge in [0.2, 0.25) is 5.91 Å². The van der Waals surface area contributed by atoms with Crippen molar-refractivity contribution in [3.05, 3.63) is 60.2 Å². The summed E-state index contributed by atoms with van der Waals surface area (Å²) in [4.78, 5) is 12.2. The van der Waals surface area contributed by atoms with Crippen LogP contribution in [0.25, 0.3) is 0 Å². The van der Waals surface area contributed by atoms with Crippen molar-refractivity contribution in [3.8, 4) is 11.5 Å². The second-order valence-electron chi connectivity index (χ2n) is 5.99. The van der Waals surface area contributed by atoms with Crippen LogP contribution < -0.4 is 15.4 Å². The van der Waals surface area contributed by atoms with E-state index in [0.29, 0.717) is 12.5 Å². The van der Waals surface area contributed by atoms with Crippen molar-refractivity contribution in [2.75, 3.05) is 13.1 Å². The molecular formula is C19H22N2O2. The number of carbonyl (C=O) groups excluding carboxylic acids is 1. The SMILES string of the molecule is CC(C(=O)NCc1cccc(Oc2ccccc2)c1)C1CNC1. The molecule has 120 valence electrons. The van der Waals surface area contributed by atoms with Crippen molar-refractivity contribution in [2.24, 2.45) is 11.8 Å². The van der Waals surface area contributed by atoms with Gasteiger partial charge in [-0.2, -0.15) is 0 Å². The second-order valence-corrected chi connectivity index (χ2v) is 5.99. The first-order valence-corrected chi connectivity index (χ1v) is 8.02. The molecule has 3 rings (SSSR count). The smallest absolute Gasteiger partial charge is 0.223 e. The van der Waals surface area contributed by atoms with E-state index in [0.717, 1.165) is 30.2 Å². The van der Waals surface area contributed by atoms with Gasteiger partial charge < -0.3 is 15.4 Å². The highest BCUT2D eigenvalue weighted by molar-refractivity contribution is 5.78. The van der Waals surface area contributed by atoms with E-state index in [-0.39, 0.29) is 11.8 Å². The van der Waals surface area contributed by atoms with Gasteiger partial charge >= 0.3 is 0 Å². The topological polar surface area (TPSA) is 50.4 Å². The Morgan fingerprint density at radius 1 is 1.17 bits per heavy atom. The molecule has 0 aromatic heterocycles. The van der Waals surface area contributed by atoms with Gasteiger partial charge in [0.15, 0.2) is 0 Å². The molecule has 0 spiro atoms. The first-order valence-electron chi connectivity index (χ1n) is 8.02. The maximum absolute atomic E-state index is 12.2. The number of rotatable bonds is 6. The lowest BCUT2D eigenvalue weighted by Crippen LogP contribution is -2.49. The van der Waals surface area contributed by atoms with Gasteiger partial charge in [-0.1, -0.05) is 37.3 Å². The summed E-state index contributed by atoms with van der Waals surface area (Å²) in [6.45, 7) is 4.40.